The third-order valence-corrected chi connectivity index (χ3v) is 4.59. The normalized spacial score (nSPS) is 14.3. The molecule has 0 aromatic carbocycles. The number of hydrogen-bond acceptors (Lipinski definition) is 4. The van der Waals surface area contributed by atoms with E-state index in [1.807, 2.05) is 6.92 Å². The van der Waals surface area contributed by atoms with Crippen LogP contribution in [0.1, 0.15) is 40.5 Å². The summed E-state index contributed by atoms with van der Waals surface area (Å²) in [7, 11) is 0. The van der Waals surface area contributed by atoms with Crippen LogP contribution >= 0.6 is 15.9 Å². The topological polar surface area (TPSA) is 72.9 Å². The Morgan fingerprint density at radius 3 is 2.70 bits per heavy atom. The summed E-state index contributed by atoms with van der Waals surface area (Å²) in [5.41, 5.74) is 6.18. The van der Waals surface area contributed by atoms with Gasteiger partial charge in [-0.3, -0.25) is 4.79 Å². The number of nitrogens with one attached hydrogen (secondary N) is 1. The van der Waals surface area contributed by atoms with Crippen LogP contribution in [-0.2, 0) is 6.54 Å². The number of nitrogens with zero attached hydrogens (tertiary/aromatic N) is 2. The molecule has 0 aliphatic heterocycles. The van der Waals surface area contributed by atoms with Gasteiger partial charge in [0.2, 0.25) is 0 Å². The fourth-order valence-corrected chi connectivity index (χ4v) is 2.16. The Morgan fingerprint density at radius 2 is 2.20 bits per heavy atom. The maximum absolute atomic E-state index is 12.2. The van der Waals surface area contributed by atoms with E-state index in [9.17, 15) is 4.79 Å². The number of hydrogen-bond donors (Lipinski definition) is 2. The number of aryl methyl sites for hydroxylation is 1. The van der Waals surface area contributed by atoms with Crippen molar-refractivity contribution in [1.82, 2.24) is 9.78 Å². The van der Waals surface area contributed by atoms with Crippen molar-refractivity contribution in [3.05, 3.63) is 21.0 Å². The Morgan fingerprint density at radius 1 is 1.55 bits per heavy atom. The molecule has 1 aromatic rings. The van der Waals surface area contributed by atoms with E-state index >= 15 is 0 Å². The summed E-state index contributed by atoms with van der Waals surface area (Å²) < 4.78 is 2.01. The average molecular weight is 345 g/mol. The van der Waals surface area contributed by atoms with Gasteiger partial charge in [-0.15, -0.1) is 0 Å². The van der Waals surface area contributed by atoms with Gasteiger partial charge in [0.15, 0.2) is 0 Å². The smallest absolute Gasteiger partial charge is 0.283 e. The van der Waals surface area contributed by atoms with E-state index in [0.717, 1.165) is 12.8 Å². The molecule has 1 heterocycles. The standard InChI is InChI=1S/C14H25BrN4O/c1-5-6-7-19-13(20)12(15)11(8-17-19)18-14(4,9-16)10(2)3/h8,10,18H,5-7,9,16H2,1-4H3. The third-order valence-electron chi connectivity index (χ3n) is 3.83. The Hall–Kier alpha value is -0.880. The van der Waals surface area contributed by atoms with E-state index in [1.54, 1.807) is 6.20 Å². The number of halogens is 1. The molecule has 5 nitrogen and oxygen atoms in total. The van der Waals surface area contributed by atoms with Crippen molar-refractivity contribution >= 4 is 21.6 Å². The van der Waals surface area contributed by atoms with Crippen molar-refractivity contribution in [3.63, 3.8) is 0 Å². The summed E-state index contributed by atoms with van der Waals surface area (Å²) in [6, 6.07) is 0. The fraction of sp³-hybridized carbons (Fsp3) is 0.714. The van der Waals surface area contributed by atoms with Gasteiger partial charge in [0, 0.05) is 18.6 Å². The van der Waals surface area contributed by atoms with Gasteiger partial charge in [0.05, 0.1) is 11.9 Å². The quantitative estimate of drug-likeness (QED) is 0.797. The first-order valence-corrected chi connectivity index (χ1v) is 7.89. The lowest BCUT2D eigenvalue weighted by molar-refractivity contribution is 0.382. The maximum atomic E-state index is 12.2. The van der Waals surface area contributed by atoms with Crippen LogP contribution in [0.2, 0.25) is 0 Å². The van der Waals surface area contributed by atoms with Gasteiger partial charge >= 0.3 is 0 Å². The Kier molecular flexibility index (Phi) is 6.20. The fourth-order valence-electron chi connectivity index (χ4n) is 1.76. The molecule has 6 heteroatoms. The van der Waals surface area contributed by atoms with Crippen molar-refractivity contribution in [2.24, 2.45) is 11.7 Å². The molecular weight excluding hydrogens is 320 g/mol. The number of rotatable bonds is 7. The Balaban J connectivity index is 3.04. The van der Waals surface area contributed by atoms with Gasteiger partial charge in [0.25, 0.3) is 5.56 Å². The molecule has 0 fully saturated rings. The second-order valence-corrected chi connectivity index (χ2v) is 6.45. The van der Waals surface area contributed by atoms with Crippen LogP contribution in [0, 0.1) is 5.92 Å². The molecule has 0 aliphatic carbocycles. The van der Waals surface area contributed by atoms with Crippen molar-refractivity contribution in [3.8, 4) is 0 Å². The molecule has 0 saturated carbocycles. The van der Waals surface area contributed by atoms with E-state index < -0.39 is 0 Å². The summed E-state index contributed by atoms with van der Waals surface area (Å²) in [4.78, 5) is 12.2. The van der Waals surface area contributed by atoms with Crippen molar-refractivity contribution in [2.45, 2.75) is 52.6 Å². The summed E-state index contributed by atoms with van der Waals surface area (Å²) in [5.74, 6) is 0.335. The van der Waals surface area contributed by atoms with Gasteiger partial charge in [-0.2, -0.15) is 5.10 Å². The minimum atomic E-state index is -0.272. The molecule has 1 unspecified atom stereocenters. The molecule has 0 bridgehead atoms. The predicted octanol–water partition coefficient (Wildman–Crippen LogP) is 2.59. The zero-order valence-corrected chi connectivity index (χ0v) is 14.3. The second kappa shape index (κ2) is 7.22. The maximum Gasteiger partial charge on any atom is 0.283 e. The highest BCUT2D eigenvalue weighted by Gasteiger charge is 2.27. The highest BCUT2D eigenvalue weighted by molar-refractivity contribution is 9.10. The van der Waals surface area contributed by atoms with Crippen LogP contribution in [0.25, 0.3) is 0 Å². The summed E-state index contributed by atoms with van der Waals surface area (Å²) >= 11 is 3.38. The SMILES string of the molecule is CCCCn1ncc(NC(C)(CN)C(C)C)c(Br)c1=O. The van der Waals surface area contributed by atoms with Gasteiger partial charge < -0.3 is 11.1 Å². The molecule has 20 heavy (non-hydrogen) atoms. The number of unbranched alkanes of at least 4 members (excludes halogenated alkanes) is 1. The number of nitrogens with two attached hydrogens (primary N) is 1. The van der Waals surface area contributed by atoms with Crippen molar-refractivity contribution in [1.29, 1.82) is 0 Å². The van der Waals surface area contributed by atoms with Gasteiger partial charge in [-0.05, 0) is 35.2 Å². The van der Waals surface area contributed by atoms with E-state index in [4.69, 9.17) is 5.73 Å². The van der Waals surface area contributed by atoms with Gasteiger partial charge in [-0.1, -0.05) is 27.2 Å². The number of anilines is 1. The van der Waals surface area contributed by atoms with E-state index in [-0.39, 0.29) is 11.1 Å². The molecule has 1 atom stereocenters. The molecule has 0 saturated heterocycles. The molecule has 0 aliphatic rings. The average Bonchev–Trinajstić information content (AvgIpc) is 2.42. The molecule has 1 rings (SSSR count). The van der Waals surface area contributed by atoms with Crippen LogP contribution in [0.4, 0.5) is 5.69 Å². The first-order chi connectivity index (χ1) is 9.35. The molecule has 3 N–H and O–H groups in total. The van der Waals surface area contributed by atoms with Gasteiger partial charge in [0.1, 0.15) is 4.47 Å². The second-order valence-electron chi connectivity index (χ2n) is 5.66. The first-order valence-electron chi connectivity index (χ1n) is 7.09. The Bertz CT molecular complexity index is 500. The molecule has 0 radical (unpaired) electrons. The monoisotopic (exact) mass is 344 g/mol. The Labute approximate surface area is 129 Å². The van der Waals surface area contributed by atoms with E-state index in [1.165, 1.54) is 4.68 Å². The minimum absolute atomic E-state index is 0.105. The first kappa shape index (κ1) is 17.2. The van der Waals surface area contributed by atoms with Crippen LogP contribution in [0.3, 0.4) is 0 Å². The number of aromatic nitrogens is 2. The highest BCUT2D eigenvalue weighted by atomic mass is 79.9. The zero-order valence-electron chi connectivity index (χ0n) is 12.7. The minimum Gasteiger partial charge on any atom is -0.376 e. The van der Waals surface area contributed by atoms with Crippen LogP contribution < -0.4 is 16.6 Å². The lowest BCUT2D eigenvalue weighted by Crippen LogP contribution is -2.47. The highest BCUT2D eigenvalue weighted by Crippen LogP contribution is 2.25. The summed E-state index contributed by atoms with van der Waals surface area (Å²) in [5, 5.41) is 7.57. The predicted molar refractivity (Wildman–Crippen MR) is 87.0 cm³/mol. The van der Waals surface area contributed by atoms with Crippen LogP contribution in [0.5, 0.6) is 0 Å². The van der Waals surface area contributed by atoms with E-state index in [0.29, 0.717) is 29.2 Å². The molecule has 1 aromatic heterocycles. The summed E-state index contributed by atoms with van der Waals surface area (Å²) in [6.07, 6.45) is 3.67. The summed E-state index contributed by atoms with van der Waals surface area (Å²) in [6.45, 7) is 9.47. The van der Waals surface area contributed by atoms with Crippen molar-refractivity contribution < 1.29 is 0 Å². The lowest BCUT2D eigenvalue weighted by Gasteiger charge is -2.34. The lowest BCUT2D eigenvalue weighted by atomic mass is 9.88. The van der Waals surface area contributed by atoms with Gasteiger partial charge in [-0.25, -0.2) is 4.68 Å². The molecule has 114 valence electrons. The molecule has 0 amide bonds. The zero-order chi connectivity index (χ0) is 15.3. The third kappa shape index (κ3) is 3.82. The van der Waals surface area contributed by atoms with Crippen molar-refractivity contribution in [2.75, 3.05) is 11.9 Å². The van der Waals surface area contributed by atoms with Crippen LogP contribution in [0.15, 0.2) is 15.5 Å². The molecular formula is C14H25BrN4O. The largest absolute Gasteiger partial charge is 0.376 e. The van der Waals surface area contributed by atoms with Crippen LogP contribution in [-0.4, -0.2) is 21.9 Å². The van der Waals surface area contributed by atoms with E-state index in [2.05, 4.69) is 47.1 Å². The molecule has 0 spiro atoms.